The van der Waals surface area contributed by atoms with Crippen molar-refractivity contribution in [3.8, 4) is 0 Å². The van der Waals surface area contributed by atoms with Crippen molar-refractivity contribution in [2.75, 3.05) is 13.1 Å². The number of imide groups is 1. The first-order valence-corrected chi connectivity index (χ1v) is 9.90. The molecule has 1 heterocycles. The number of urea groups is 1. The van der Waals surface area contributed by atoms with E-state index < -0.39 is 0 Å². The molecule has 4 bridgehead atoms. The van der Waals surface area contributed by atoms with Crippen LogP contribution in [0.5, 0.6) is 0 Å². The molecular weight excluding hydrogens is 302 g/mol. The van der Waals surface area contributed by atoms with Gasteiger partial charge in [-0.1, -0.05) is 6.42 Å². The Kier molecular flexibility index (Phi) is 4.31. The van der Waals surface area contributed by atoms with E-state index in [2.05, 4.69) is 15.5 Å². The topological polar surface area (TPSA) is 61.4 Å². The highest BCUT2D eigenvalue weighted by molar-refractivity contribution is 5.97. The summed E-state index contributed by atoms with van der Waals surface area (Å²) in [5.74, 6) is 2.22. The van der Waals surface area contributed by atoms with Crippen LogP contribution in [0.25, 0.3) is 0 Å². The van der Waals surface area contributed by atoms with Crippen molar-refractivity contribution in [2.45, 2.75) is 76.3 Å². The summed E-state index contributed by atoms with van der Waals surface area (Å²) in [5, 5.41) is 5.85. The molecule has 5 aliphatic rings. The molecular formula is C19H31N3O2. The van der Waals surface area contributed by atoms with Crippen molar-refractivity contribution in [1.29, 1.82) is 0 Å². The smallest absolute Gasteiger partial charge is 0.321 e. The minimum absolute atomic E-state index is 0.0343. The molecule has 1 saturated heterocycles. The van der Waals surface area contributed by atoms with Gasteiger partial charge in [-0.15, -0.1) is 0 Å². The Morgan fingerprint density at radius 2 is 1.50 bits per heavy atom. The summed E-state index contributed by atoms with van der Waals surface area (Å²) >= 11 is 0. The summed E-state index contributed by atoms with van der Waals surface area (Å²) in [6.07, 6.45) is 11.0. The summed E-state index contributed by atoms with van der Waals surface area (Å²) in [4.78, 5) is 27.1. The molecule has 0 aromatic rings. The monoisotopic (exact) mass is 333 g/mol. The van der Waals surface area contributed by atoms with Crippen LogP contribution >= 0.6 is 0 Å². The highest BCUT2D eigenvalue weighted by atomic mass is 16.2. The lowest BCUT2D eigenvalue weighted by Gasteiger charge is -2.56. The van der Waals surface area contributed by atoms with Crippen LogP contribution in [0.2, 0.25) is 0 Å². The molecule has 5 heteroatoms. The Bertz CT molecular complexity index is 477. The lowest BCUT2D eigenvalue weighted by Crippen LogP contribution is -2.62. The van der Waals surface area contributed by atoms with Gasteiger partial charge < -0.3 is 5.32 Å². The number of nitrogens with zero attached hydrogens (tertiary/aromatic N) is 1. The summed E-state index contributed by atoms with van der Waals surface area (Å²) in [5.41, 5.74) is -0.0343. The minimum atomic E-state index is -0.272. The van der Waals surface area contributed by atoms with Gasteiger partial charge in [0.25, 0.3) is 0 Å². The van der Waals surface area contributed by atoms with Crippen LogP contribution in [0.15, 0.2) is 0 Å². The summed E-state index contributed by atoms with van der Waals surface area (Å²) < 4.78 is 0. The predicted molar refractivity (Wildman–Crippen MR) is 92.5 cm³/mol. The van der Waals surface area contributed by atoms with Crippen molar-refractivity contribution < 1.29 is 9.59 Å². The maximum absolute atomic E-state index is 12.5. The average Bonchev–Trinajstić information content (AvgIpc) is 2.53. The zero-order valence-corrected chi connectivity index (χ0v) is 14.9. The van der Waals surface area contributed by atoms with Crippen LogP contribution in [0.3, 0.4) is 0 Å². The van der Waals surface area contributed by atoms with E-state index in [0.717, 1.165) is 62.9 Å². The van der Waals surface area contributed by atoms with E-state index in [1.165, 1.54) is 25.7 Å². The number of likely N-dealkylation sites (tertiary alicyclic amines) is 1. The first-order valence-electron chi connectivity index (χ1n) is 9.90. The standard InChI is InChI=1S/C19H31N3O2/c1-13(22-5-3-2-4-6-22)17(23)20-18(24)21-19-10-14-7-15(11-19)9-16(8-14)12-19/h13-16H,2-12H2,1H3,(H2,20,21,23,24). The Labute approximate surface area is 144 Å². The van der Waals surface area contributed by atoms with Crippen LogP contribution in [0, 0.1) is 17.8 Å². The van der Waals surface area contributed by atoms with Gasteiger partial charge in [0.15, 0.2) is 0 Å². The van der Waals surface area contributed by atoms with Gasteiger partial charge in [-0.05, 0) is 89.1 Å². The summed E-state index contributed by atoms with van der Waals surface area (Å²) in [6, 6.07) is -0.488. The molecule has 2 N–H and O–H groups in total. The van der Waals surface area contributed by atoms with Gasteiger partial charge in [-0.3, -0.25) is 15.0 Å². The second kappa shape index (κ2) is 6.32. The molecule has 0 radical (unpaired) electrons. The zero-order valence-electron chi connectivity index (χ0n) is 14.9. The average molecular weight is 333 g/mol. The highest BCUT2D eigenvalue weighted by Gasteiger charge is 2.51. The van der Waals surface area contributed by atoms with E-state index in [1.54, 1.807) is 0 Å². The van der Waals surface area contributed by atoms with Crippen molar-refractivity contribution in [2.24, 2.45) is 17.8 Å². The third-order valence-corrected chi connectivity index (χ3v) is 6.97. The fraction of sp³-hybridized carbons (Fsp3) is 0.895. The van der Waals surface area contributed by atoms with Crippen molar-refractivity contribution >= 4 is 11.9 Å². The summed E-state index contributed by atoms with van der Waals surface area (Å²) in [7, 11) is 0. The molecule has 1 aliphatic heterocycles. The Balaban J connectivity index is 1.32. The normalized spacial score (nSPS) is 39.5. The molecule has 5 nitrogen and oxygen atoms in total. The molecule has 0 aromatic heterocycles. The Hall–Kier alpha value is -1.10. The van der Waals surface area contributed by atoms with E-state index in [0.29, 0.717) is 0 Å². The van der Waals surface area contributed by atoms with Gasteiger partial charge in [0, 0.05) is 5.54 Å². The Morgan fingerprint density at radius 3 is 2.04 bits per heavy atom. The minimum Gasteiger partial charge on any atom is -0.332 e. The van der Waals surface area contributed by atoms with E-state index in [9.17, 15) is 9.59 Å². The quantitative estimate of drug-likeness (QED) is 0.835. The molecule has 5 fully saturated rings. The lowest BCUT2D eigenvalue weighted by molar-refractivity contribution is -0.125. The van der Waals surface area contributed by atoms with E-state index >= 15 is 0 Å². The first-order chi connectivity index (χ1) is 11.5. The molecule has 3 amide bonds. The number of hydrogen-bond acceptors (Lipinski definition) is 3. The summed E-state index contributed by atoms with van der Waals surface area (Å²) in [6.45, 7) is 3.84. The first kappa shape index (κ1) is 16.4. The molecule has 0 spiro atoms. The van der Waals surface area contributed by atoms with Gasteiger partial charge >= 0.3 is 6.03 Å². The van der Waals surface area contributed by atoms with Crippen molar-refractivity contribution in [1.82, 2.24) is 15.5 Å². The number of rotatable bonds is 3. The molecule has 4 aliphatic carbocycles. The van der Waals surface area contributed by atoms with Crippen LogP contribution < -0.4 is 10.6 Å². The number of carbonyl (C=O) groups excluding carboxylic acids is 2. The third kappa shape index (κ3) is 3.19. The number of hydrogen-bond donors (Lipinski definition) is 2. The fourth-order valence-corrected chi connectivity index (χ4v) is 6.22. The molecule has 1 unspecified atom stereocenters. The fourth-order valence-electron chi connectivity index (χ4n) is 6.22. The molecule has 5 rings (SSSR count). The molecule has 4 saturated carbocycles. The lowest BCUT2D eigenvalue weighted by atomic mass is 9.53. The van der Waals surface area contributed by atoms with Crippen molar-refractivity contribution in [3.63, 3.8) is 0 Å². The van der Waals surface area contributed by atoms with Crippen LogP contribution in [0.4, 0.5) is 4.79 Å². The zero-order chi connectivity index (χ0) is 16.7. The third-order valence-electron chi connectivity index (χ3n) is 6.97. The predicted octanol–water partition coefficient (Wildman–Crippen LogP) is 2.66. The van der Waals surface area contributed by atoms with E-state index in [1.807, 2.05) is 6.92 Å². The van der Waals surface area contributed by atoms with E-state index in [4.69, 9.17) is 0 Å². The molecule has 0 aromatic carbocycles. The number of nitrogens with one attached hydrogen (secondary N) is 2. The van der Waals surface area contributed by atoms with Gasteiger partial charge in [0.05, 0.1) is 6.04 Å². The molecule has 24 heavy (non-hydrogen) atoms. The van der Waals surface area contributed by atoms with Crippen LogP contribution in [-0.2, 0) is 4.79 Å². The maximum atomic E-state index is 12.5. The van der Waals surface area contributed by atoms with Gasteiger partial charge in [-0.25, -0.2) is 4.79 Å². The maximum Gasteiger partial charge on any atom is 0.321 e. The number of piperidine rings is 1. The van der Waals surface area contributed by atoms with Gasteiger partial charge in [0.1, 0.15) is 0 Å². The number of amides is 3. The highest BCUT2D eigenvalue weighted by Crippen LogP contribution is 2.55. The Morgan fingerprint density at radius 1 is 0.958 bits per heavy atom. The largest absolute Gasteiger partial charge is 0.332 e. The molecule has 1 atom stereocenters. The second-order valence-corrected chi connectivity index (χ2v) is 8.91. The second-order valence-electron chi connectivity index (χ2n) is 8.91. The van der Waals surface area contributed by atoms with Crippen LogP contribution in [0.1, 0.15) is 64.7 Å². The SMILES string of the molecule is CC(C(=O)NC(=O)NC12CC3CC(CC(C3)C1)C2)N1CCCCC1. The van der Waals surface area contributed by atoms with Gasteiger partial charge in [-0.2, -0.15) is 0 Å². The van der Waals surface area contributed by atoms with E-state index in [-0.39, 0.29) is 23.5 Å². The van der Waals surface area contributed by atoms with Crippen LogP contribution in [-0.4, -0.2) is 41.5 Å². The molecule has 134 valence electrons. The van der Waals surface area contributed by atoms with Gasteiger partial charge in [0.2, 0.25) is 5.91 Å². The number of carbonyl (C=O) groups is 2. The van der Waals surface area contributed by atoms with Crippen molar-refractivity contribution in [3.05, 3.63) is 0 Å².